The van der Waals surface area contributed by atoms with Gasteiger partial charge in [-0.05, 0) is 50.5 Å². The highest BCUT2D eigenvalue weighted by Gasteiger charge is 2.08. The fraction of sp³-hybridized carbons (Fsp3) is 0.471. The van der Waals surface area contributed by atoms with E-state index in [2.05, 4.69) is 31.3 Å². The molecule has 3 heteroatoms. The maximum atomic E-state index is 5.76. The zero-order valence-corrected chi connectivity index (χ0v) is 13.0. The van der Waals surface area contributed by atoms with E-state index in [4.69, 9.17) is 9.72 Å². The number of anilines is 1. The van der Waals surface area contributed by atoms with Crippen LogP contribution in [0.4, 0.5) is 5.69 Å². The molecule has 0 aliphatic carbocycles. The Hall–Kier alpha value is -1.77. The third-order valence-electron chi connectivity index (χ3n) is 3.09. The Labute approximate surface area is 121 Å². The molecule has 108 valence electrons. The maximum absolute atomic E-state index is 5.76. The molecule has 3 nitrogen and oxygen atoms in total. The molecule has 0 saturated heterocycles. The van der Waals surface area contributed by atoms with Crippen molar-refractivity contribution >= 4 is 16.6 Å². The number of hydrogen-bond donors (Lipinski definition) is 1. The van der Waals surface area contributed by atoms with Gasteiger partial charge in [-0.3, -0.25) is 4.98 Å². The maximum Gasteiger partial charge on any atom is 0.120 e. The summed E-state index contributed by atoms with van der Waals surface area (Å²) < 4.78 is 5.76. The van der Waals surface area contributed by atoms with E-state index in [-0.39, 0.29) is 6.10 Å². The Kier molecular flexibility index (Phi) is 4.48. The van der Waals surface area contributed by atoms with Crippen molar-refractivity contribution in [2.75, 3.05) is 12.4 Å². The molecule has 0 amide bonds. The molecule has 1 heterocycles. The number of rotatable bonds is 5. The molecular formula is C17H24N2O. The number of pyridine rings is 1. The third kappa shape index (κ3) is 3.41. The lowest BCUT2D eigenvalue weighted by atomic mass is 10.1. The molecule has 0 aliphatic rings. The first-order valence-corrected chi connectivity index (χ1v) is 7.27. The summed E-state index contributed by atoms with van der Waals surface area (Å²) in [5.74, 6) is 1.50. The van der Waals surface area contributed by atoms with Crippen molar-refractivity contribution in [3.63, 3.8) is 0 Å². The summed E-state index contributed by atoms with van der Waals surface area (Å²) in [5.41, 5.74) is 3.26. The number of ether oxygens (including phenoxy) is 1. The van der Waals surface area contributed by atoms with Crippen molar-refractivity contribution in [2.24, 2.45) is 5.92 Å². The molecule has 0 aliphatic heterocycles. The SMILES string of the molecule is CNc1cc(CC(C)C)nc2ccc(OC(C)C)cc12. The Bertz CT molecular complexity index is 591. The van der Waals surface area contributed by atoms with E-state index in [1.54, 1.807) is 0 Å². The summed E-state index contributed by atoms with van der Waals surface area (Å²) in [6.45, 7) is 8.50. The molecule has 1 aromatic carbocycles. The van der Waals surface area contributed by atoms with Crippen molar-refractivity contribution in [1.29, 1.82) is 0 Å². The Balaban J connectivity index is 2.47. The predicted molar refractivity (Wildman–Crippen MR) is 85.6 cm³/mol. The summed E-state index contributed by atoms with van der Waals surface area (Å²) >= 11 is 0. The molecule has 2 aromatic rings. The van der Waals surface area contributed by atoms with E-state index in [9.17, 15) is 0 Å². The van der Waals surface area contributed by atoms with E-state index < -0.39 is 0 Å². The van der Waals surface area contributed by atoms with Crippen molar-refractivity contribution in [2.45, 2.75) is 40.2 Å². The Morgan fingerprint density at radius 3 is 2.50 bits per heavy atom. The van der Waals surface area contributed by atoms with Crippen molar-refractivity contribution in [3.8, 4) is 5.75 Å². The lowest BCUT2D eigenvalue weighted by Crippen LogP contribution is -2.06. The van der Waals surface area contributed by atoms with Crippen LogP contribution in [0, 0.1) is 5.92 Å². The van der Waals surface area contributed by atoms with Gasteiger partial charge in [0.05, 0.1) is 11.6 Å². The third-order valence-corrected chi connectivity index (χ3v) is 3.09. The molecule has 1 N–H and O–H groups in total. The molecule has 0 radical (unpaired) electrons. The number of nitrogens with one attached hydrogen (secondary N) is 1. The summed E-state index contributed by atoms with van der Waals surface area (Å²) in [6.07, 6.45) is 1.17. The zero-order chi connectivity index (χ0) is 14.7. The minimum atomic E-state index is 0.179. The van der Waals surface area contributed by atoms with Crippen LogP contribution >= 0.6 is 0 Å². The minimum absolute atomic E-state index is 0.179. The fourth-order valence-electron chi connectivity index (χ4n) is 2.33. The first-order chi connectivity index (χ1) is 9.49. The van der Waals surface area contributed by atoms with Crippen LogP contribution in [0.2, 0.25) is 0 Å². The first kappa shape index (κ1) is 14.6. The van der Waals surface area contributed by atoms with Gasteiger partial charge in [-0.25, -0.2) is 0 Å². The van der Waals surface area contributed by atoms with Gasteiger partial charge in [0.2, 0.25) is 0 Å². The number of fused-ring (bicyclic) bond motifs is 1. The van der Waals surface area contributed by atoms with Gasteiger partial charge >= 0.3 is 0 Å². The lowest BCUT2D eigenvalue weighted by molar-refractivity contribution is 0.243. The lowest BCUT2D eigenvalue weighted by Gasteiger charge is -2.14. The Morgan fingerprint density at radius 1 is 1.15 bits per heavy atom. The summed E-state index contributed by atoms with van der Waals surface area (Å²) in [4.78, 5) is 4.75. The van der Waals surface area contributed by atoms with Gasteiger partial charge in [0.15, 0.2) is 0 Å². The van der Waals surface area contributed by atoms with Crippen molar-refractivity contribution in [1.82, 2.24) is 4.98 Å². The van der Waals surface area contributed by atoms with E-state index in [0.29, 0.717) is 5.92 Å². The fourth-order valence-corrected chi connectivity index (χ4v) is 2.33. The van der Waals surface area contributed by atoms with Gasteiger partial charge in [-0.15, -0.1) is 0 Å². The molecule has 1 aromatic heterocycles. The van der Waals surface area contributed by atoms with Crippen LogP contribution in [0.3, 0.4) is 0 Å². The zero-order valence-electron chi connectivity index (χ0n) is 13.0. The van der Waals surface area contributed by atoms with E-state index in [1.165, 1.54) is 0 Å². The molecule has 0 atom stereocenters. The average Bonchev–Trinajstić information content (AvgIpc) is 2.36. The topological polar surface area (TPSA) is 34.2 Å². The van der Waals surface area contributed by atoms with Crippen LogP contribution in [0.15, 0.2) is 24.3 Å². The van der Waals surface area contributed by atoms with Gasteiger partial charge < -0.3 is 10.1 Å². The Morgan fingerprint density at radius 2 is 1.90 bits per heavy atom. The van der Waals surface area contributed by atoms with Gasteiger partial charge in [0, 0.05) is 23.8 Å². The molecule has 0 fully saturated rings. The molecule has 0 spiro atoms. The molecule has 0 unspecified atom stereocenters. The summed E-state index contributed by atoms with van der Waals surface area (Å²) in [7, 11) is 1.95. The van der Waals surface area contributed by atoms with Crippen LogP contribution in [0.1, 0.15) is 33.4 Å². The molecule has 0 bridgehead atoms. The van der Waals surface area contributed by atoms with Crippen LogP contribution in [-0.2, 0) is 6.42 Å². The smallest absolute Gasteiger partial charge is 0.120 e. The standard InChI is InChI=1S/C17H24N2O/c1-11(2)8-13-9-17(18-5)15-10-14(20-12(3)4)6-7-16(15)19-13/h6-7,9-12H,8H2,1-5H3,(H,18,19). The highest BCUT2D eigenvalue weighted by Crippen LogP contribution is 2.28. The highest BCUT2D eigenvalue weighted by molar-refractivity contribution is 5.92. The molecular weight excluding hydrogens is 248 g/mol. The number of aromatic nitrogens is 1. The average molecular weight is 272 g/mol. The predicted octanol–water partition coefficient (Wildman–Crippen LogP) is 4.26. The first-order valence-electron chi connectivity index (χ1n) is 7.27. The van der Waals surface area contributed by atoms with Crippen LogP contribution in [0.5, 0.6) is 5.75 Å². The van der Waals surface area contributed by atoms with Crippen LogP contribution in [-0.4, -0.2) is 18.1 Å². The van der Waals surface area contributed by atoms with Crippen LogP contribution in [0.25, 0.3) is 10.9 Å². The largest absolute Gasteiger partial charge is 0.491 e. The van der Waals surface area contributed by atoms with Gasteiger partial charge in [0.1, 0.15) is 5.75 Å². The second-order valence-electron chi connectivity index (χ2n) is 5.85. The van der Waals surface area contributed by atoms with Gasteiger partial charge in [-0.1, -0.05) is 13.8 Å². The normalized spacial score (nSPS) is 11.3. The second-order valence-corrected chi connectivity index (χ2v) is 5.85. The highest BCUT2D eigenvalue weighted by atomic mass is 16.5. The van der Waals surface area contributed by atoms with E-state index in [1.807, 2.05) is 33.0 Å². The molecule has 20 heavy (non-hydrogen) atoms. The monoisotopic (exact) mass is 272 g/mol. The van der Waals surface area contributed by atoms with E-state index >= 15 is 0 Å². The summed E-state index contributed by atoms with van der Waals surface area (Å²) in [5, 5.41) is 4.38. The van der Waals surface area contributed by atoms with Gasteiger partial charge in [0.25, 0.3) is 0 Å². The number of benzene rings is 1. The molecule has 2 rings (SSSR count). The van der Waals surface area contributed by atoms with Crippen molar-refractivity contribution in [3.05, 3.63) is 30.0 Å². The quantitative estimate of drug-likeness (QED) is 0.883. The van der Waals surface area contributed by atoms with Crippen LogP contribution < -0.4 is 10.1 Å². The molecule has 0 saturated carbocycles. The number of hydrogen-bond acceptors (Lipinski definition) is 3. The van der Waals surface area contributed by atoms with E-state index in [0.717, 1.165) is 34.5 Å². The number of nitrogens with zero attached hydrogens (tertiary/aromatic N) is 1. The second kappa shape index (κ2) is 6.12. The van der Waals surface area contributed by atoms with Gasteiger partial charge in [-0.2, -0.15) is 0 Å². The minimum Gasteiger partial charge on any atom is -0.491 e. The summed E-state index contributed by atoms with van der Waals surface area (Å²) in [6, 6.07) is 8.24. The van der Waals surface area contributed by atoms with Crippen molar-refractivity contribution < 1.29 is 4.74 Å².